The van der Waals surface area contributed by atoms with Crippen LogP contribution >= 0.6 is 0 Å². The molecule has 4 nitrogen and oxygen atoms in total. The van der Waals surface area contributed by atoms with Gasteiger partial charge < -0.3 is 9.53 Å². The van der Waals surface area contributed by atoms with E-state index in [9.17, 15) is 4.79 Å². The highest BCUT2D eigenvalue weighted by atomic mass is 16.5. The molecule has 1 heterocycles. The molecule has 2 N–H and O–H groups in total. The van der Waals surface area contributed by atoms with Gasteiger partial charge in [0.25, 0.3) is 0 Å². The van der Waals surface area contributed by atoms with E-state index in [0.717, 1.165) is 25.5 Å². The second-order valence-electron chi connectivity index (χ2n) is 5.45. The number of carbonyl (C=O) groups excluding carboxylic acids is 1. The molecule has 2 aliphatic rings. The molecule has 1 aromatic rings. The molecule has 102 valence electrons. The maximum absolute atomic E-state index is 10.9. The molecule has 0 aromatic heterocycles. The Morgan fingerprint density at radius 2 is 2.05 bits per heavy atom. The van der Waals surface area contributed by atoms with Crippen molar-refractivity contribution in [3.8, 4) is 0 Å². The summed E-state index contributed by atoms with van der Waals surface area (Å²) in [4.78, 5) is 10.9. The van der Waals surface area contributed by atoms with Crippen LogP contribution in [0.1, 0.15) is 24.8 Å². The van der Waals surface area contributed by atoms with Crippen LogP contribution in [0.5, 0.6) is 0 Å². The van der Waals surface area contributed by atoms with Gasteiger partial charge in [0.15, 0.2) is 0 Å². The third kappa shape index (κ3) is 2.86. The van der Waals surface area contributed by atoms with E-state index in [1.807, 2.05) is 18.2 Å². The number of benzene rings is 1. The van der Waals surface area contributed by atoms with Crippen molar-refractivity contribution in [2.75, 3.05) is 0 Å². The Morgan fingerprint density at radius 3 is 2.84 bits per heavy atom. The third-order valence-electron chi connectivity index (χ3n) is 4.23. The van der Waals surface area contributed by atoms with Gasteiger partial charge in [-0.1, -0.05) is 30.3 Å². The van der Waals surface area contributed by atoms with E-state index in [0.29, 0.717) is 24.7 Å². The minimum atomic E-state index is -0.0277. The monoisotopic (exact) mass is 260 g/mol. The smallest absolute Gasteiger partial charge is 0.138 e. The van der Waals surface area contributed by atoms with Crippen molar-refractivity contribution in [2.24, 2.45) is 5.92 Å². The summed E-state index contributed by atoms with van der Waals surface area (Å²) in [6.45, 7) is 0.674. The van der Waals surface area contributed by atoms with Crippen LogP contribution in [0.15, 0.2) is 30.3 Å². The van der Waals surface area contributed by atoms with Crippen molar-refractivity contribution in [1.82, 2.24) is 10.9 Å². The standard InChI is InChI=1S/C15H20N2O2/c18-9-15-13-7-6-12(8-14(13)16-17-15)19-10-11-4-2-1-3-5-11/h1-5,9,12-17H,6-8,10H2. The van der Waals surface area contributed by atoms with Gasteiger partial charge in [-0.15, -0.1) is 0 Å². The molecule has 0 amide bonds. The molecular weight excluding hydrogens is 240 g/mol. The van der Waals surface area contributed by atoms with Crippen molar-refractivity contribution in [3.63, 3.8) is 0 Å². The van der Waals surface area contributed by atoms with Crippen molar-refractivity contribution in [1.29, 1.82) is 0 Å². The maximum atomic E-state index is 10.9. The fourth-order valence-electron chi connectivity index (χ4n) is 3.14. The lowest BCUT2D eigenvalue weighted by Gasteiger charge is -2.31. The molecule has 1 saturated heterocycles. The molecule has 19 heavy (non-hydrogen) atoms. The Kier molecular flexibility index (Phi) is 3.92. The molecule has 4 unspecified atom stereocenters. The number of hydrogen-bond acceptors (Lipinski definition) is 4. The maximum Gasteiger partial charge on any atom is 0.138 e. The van der Waals surface area contributed by atoms with Crippen molar-refractivity contribution < 1.29 is 9.53 Å². The summed E-state index contributed by atoms with van der Waals surface area (Å²) in [5.74, 6) is 0.425. The molecule has 4 heteroatoms. The van der Waals surface area contributed by atoms with Gasteiger partial charge in [0.05, 0.1) is 18.8 Å². The topological polar surface area (TPSA) is 50.4 Å². The molecule has 4 atom stereocenters. The summed E-state index contributed by atoms with van der Waals surface area (Å²) in [6, 6.07) is 10.6. The fraction of sp³-hybridized carbons (Fsp3) is 0.533. The van der Waals surface area contributed by atoms with Crippen LogP contribution < -0.4 is 10.9 Å². The minimum absolute atomic E-state index is 0.0277. The Bertz CT molecular complexity index is 423. The first-order valence-corrected chi connectivity index (χ1v) is 6.98. The molecule has 1 aromatic carbocycles. The summed E-state index contributed by atoms with van der Waals surface area (Å²) >= 11 is 0. The molecule has 0 radical (unpaired) electrons. The normalized spacial score (nSPS) is 33.9. The van der Waals surface area contributed by atoms with Crippen LogP contribution in [0, 0.1) is 5.92 Å². The van der Waals surface area contributed by atoms with Gasteiger partial charge in [0, 0.05) is 6.04 Å². The van der Waals surface area contributed by atoms with E-state index in [1.165, 1.54) is 5.56 Å². The Balaban J connectivity index is 1.51. The molecule has 0 bridgehead atoms. The highest BCUT2D eigenvalue weighted by molar-refractivity contribution is 5.59. The number of fused-ring (bicyclic) bond motifs is 1. The summed E-state index contributed by atoms with van der Waals surface area (Å²) in [7, 11) is 0. The average Bonchev–Trinajstić information content (AvgIpc) is 2.88. The predicted octanol–water partition coefficient (Wildman–Crippen LogP) is 1.42. The first-order chi connectivity index (χ1) is 9.36. The van der Waals surface area contributed by atoms with Gasteiger partial charge in [0.1, 0.15) is 6.29 Å². The number of hydrogen-bond donors (Lipinski definition) is 2. The van der Waals surface area contributed by atoms with Crippen LogP contribution in [-0.2, 0) is 16.1 Å². The number of nitrogens with one attached hydrogen (secondary N) is 2. The van der Waals surface area contributed by atoms with Gasteiger partial charge >= 0.3 is 0 Å². The average molecular weight is 260 g/mol. The first-order valence-electron chi connectivity index (χ1n) is 6.98. The van der Waals surface area contributed by atoms with E-state index in [-0.39, 0.29) is 6.04 Å². The molecule has 1 saturated carbocycles. The summed E-state index contributed by atoms with van der Waals surface area (Å²) in [5.41, 5.74) is 7.51. The number of aldehydes is 1. The zero-order valence-corrected chi connectivity index (χ0v) is 10.9. The molecule has 0 spiro atoms. The lowest BCUT2D eigenvalue weighted by Crippen LogP contribution is -2.38. The fourth-order valence-corrected chi connectivity index (χ4v) is 3.14. The number of ether oxygens (including phenoxy) is 1. The van der Waals surface area contributed by atoms with Gasteiger partial charge in [-0.25, -0.2) is 5.43 Å². The molecular formula is C15H20N2O2. The van der Waals surface area contributed by atoms with Crippen LogP contribution in [0.2, 0.25) is 0 Å². The first kappa shape index (κ1) is 12.8. The van der Waals surface area contributed by atoms with Crippen molar-refractivity contribution >= 4 is 6.29 Å². The van der Waals surface area contributed by atoms with E-state index in [1.54, 1.807) is 0 Å². The summed E-state index contributed by atoms with van der Waals surface area (Å²) in [5, 5.41) is 0. The summed E-state index contributed by atoms with van der Waals surface area (Å²) in [6.07, 6.45) is 4.38. The minimum Gasteiger partial charge on any atom is -0.373 e. The van der Waals surface area contributed by atoms with Gasteiger partial charge in [-0.2, -0.15) is 0 Å². The molecule has 1 aliphatic heterocycles. The van der Waals surface area contributed by atoms with E-state index in [2.05, 4.69) is 23.0 Å². The number of carbonyl (C=O) groups is 1. The van der Waals surface area contributed by atoms with Gasteiger partial charge in [-0.3, -0.25) is 5.43 Å². The van der Waals surface area contributed by atoms with Crippen LogP contribution in [0.4, 0.5) is 0 Å². The van der Waals surface area contributed by atoms with Crippen LogP contribution in [-0.4, -0.2) is 24.5 Å². The highest BCUT2D eigenvalue weighted by Crippen LogP contribution is 2.31. The summed E-state index contributed by atoms with van der Waals surface area (Å²) < 4.78 is 5.99. The Morgan fingerprint density at radius 1 is 1.21 bits per heavy atom. The Hall–Kier alpha value is -1.23. The second-order valence-corrected chi connectivity index (χ2v) is 5.45. The van der Waals surface area contributed by atoms with Gasteiger partial charge in [0.2, 0.25) is 0 Å². The van der Waals surface area contributed by atoms with E-state index < -0.39 is 0 Å². The van der Waals surface area contributed by atoms with Gasteiger partial charge in [-0.05, 0) is 30.7 Å². The van der Waals surface area contributed by atoms with Crippen LogP contribution in [0.3, 0.4) is 0 Å². The van der Waals surface area contributed by atoms with E-state index >= 15 is 0 Å². The largest absolute Gasteiger partial charge is 0.373 e. The number of hydrazine groups is 1. The molecule has 3 rings (SSSR count). The SMILES string of the molecule is O=CC1NNC2CC(OCc3ccccc3)CCC12. The lowest BCUT2D eigenvalue weighted by molar-refractivity contribution is -0.110. The quantitative estimate of drug-likeness (QED) is 0.804. The molecule has 1 aliphatic carbocycles. The van der Waals surface area contributed by atoms with Crippen molar-refractivity contribution in [3.05, 3.63) is 35.9 Å². The predicted molar refractivity (Wildman–Crippen MR) is 72.3 cm³/mol. The van der Waals surface area contributed by atoms with Crippen LogP contribution in [0.25, 0.3) is 0 Å². The number of rotatable bonds is 4. The Labute approximate surface area is 113 Å². The van der Waals surface area contributed by atoms with Crippen molar-refractivity contribution in [2.45, 2.75) is 44.1 Å². The second kappa shape index (κ2) is 5.82. The van der Waals surface area contributed by atoms with E-state index in [4.69, 9.17) is 4.74 Å². The lowest BCUT2D eigenvalue weighted by atomic mass is 9.81. The zero-order valence-electron chi connectivity index (χ0n) is 10.9. The molecule has 2 fully saturated rings. The third-order valence-corrected chi connectivity index (χ3v) is 4.23. The zero-order chi connectivity index (χ0) is 13.1. The highest BCUT2D eigenvalue weighted by Gasteiger charge is 2.40.